The predicted molar refractivity (Wildman–Crippen MR) is 122 cm³/mol. The normalized spacial score (nSPS) is 15.9. The summed E-state index contributed by atoms with van der Waals surface area (Å²) in [6.45, 7) is 3.46. The molecule has 1 aliphatic rings. The SMILES string of the molecule is CC(CNC(=O)Cn1c(=O)sc2cc(S(=O)(=O)N3CCCC3)ccc21)c1ccccc1. The van der Waals surface area contributed by atoms with Crippen LogP contribution in [0.2, 0.25) is 0 Å². The zero-order valence-electron chi connectivity index (χ0n) is 17.3. The van der Waals surface area contributed by atoms with Crippen molar-refractivity contribution in [1.29, 1.82) is 0 Å². The van der Waals surface area contributed by atoms with Crippen LogP contribution < -0.4 is 10.2 Å². The lowest BCUT2D eigenvalue weighted by Crippen LogP contribution is -2.32. The Balaban J connectivity index is 1.48. The number of thiazole rings is 1. The van der Waals surface area contributed by atoms with Crippen LogP contribution in [0, 0.1) is 0 Å². The highest BCUT2D eigenvalue weighted by molar-refractivity contribution is 7.89. The van der Waals surface area contributed by atoms with Crippen molar-refractivity contribution in [3.8, 4) is 0 Å². The highest BCUT2D eigenvalue weighted by Crippen LogP contribution is 2.26. The van der Waals surface area contributed by atoms with Gasteiger partial charge in [0.1, 0.15) is 6.54 Å². The van der Waals surface area contributed by atoms with E-state index in [1.807, 2.05) is 37.3 Å². The van der Waals surface area contributed by atoms with E-state index in [2.05, 4.69) is 5.32 Å². The number of rotatable bonds is 7. The fraction of sp³-hybridized carbons (Fsp3) is 0.364. The smallest absolute Gasteiger partial charge is 0.308 e. The number of sulfonamides is 1. The molecule has 1 saturated heterocycles. The number of aromatic nitrogens is 1. The summed E-state index contributed by atoms with van der Waals surface area (Å²) in [5.41, 5.74) is 1.70. The van der Waals surface area contributed by atoms with Crippen LogP contribution in [-0.4, -0.2) is 42.8 Å². The van der Waals surface area contributed by atoms with Crippen molar-refractivity contribution in [2.75, 3.05) is 19.6 Å². The molecule has 7 nitrogen and oxygen atoms in total. The Morgan fingerprint density at radius 2 is 1.84 bits per heavy atom. The largest absolute Gasteiger partial charge is 0.354 e. The van der Waals surface area contributed by atoms with Gasteiger partial charge in [0.05, 0.1) is 15.1 Å². The molecule has 0 spiro atoms. The first-order valence-electron chi connectivity index (χ1n) is 10.3. The Bertz CT molecular complexity index is 1240. The van der Waals surface area contributed by atoms with Crippen LogP contribution in [0.15, 0.2) is 58.2 Å². The van der Waals surface area contributed by atoms with Crippen molar-refractivity contribution in [1.82, 2.24) is 14.2 Å². The highest BCUT2D eigenvalue weighted by atomic mass is 32.2. The van der Waals surface area contributed by atoms with Gasteiger partial charge in [-0.2, -0.15) is 4.31 Å². The monoisotopic (exact) mass is 459 g/mol. The van der Waals surface area contributed by atoms with E-state index in [0.717, 1.165) is 29.7 Å². The molecule has 1 fully saturated rings. The predicted octanol–water partition coefficient (Wildman–Crippen LogP) is 2.77. The van der Waals surface area contributed by atoms with Gasteiger partial charge < -0.3 is 5.32 Å². The van der Waals surface area contributed by atoms with E-state index in [-0.39, 0.29) is 28.1 Å². The molecule has 3 aromatic rings. The van der Waals surface area contributed by atoms with E-state index < -0.39 is 10.0 Å². The minimum atomic E-state index is -3.55. The maximum absolute atomic E-state index is 12.8. The number of hydrogen-bond acceptors (Lipinski definition) is 5. The fourth-order valence-electron chi connectivity index (χ4n) is 3.80. The Hall–Kier alpha value is -2.49. The molecule has 1 atom stereocenters. The molecule has 1 unspecified atom stereocenters. The van der Waals surface area contributed by atoms with Crippen LogP contribution in [0.25, 0.3) is 10.2 Å². The number of hydrogen-bond donors (Lipinski definition) is 1. The zero-order chi connectivity index (χ0) is 22.0. The van der Waals surface area contributed by atoms with Crippen molar-refractivity contribution in [3.63, 3.8) is 0 Å². The van der Waals surface area contributed by atoms with Gasteiger partial charge in [-0.3, -0.25) is 14.2 Å². The summed E-state index contributed by atoms with van der Waals surface area (Å²) in [5, 5.41) is 2.89. The molecule has 1 aromatic heterocycles. The third-order valence-corrected chi connectivity index (χ3v) is 8.45. The number of amides is 1. The second kappa shape index (κ2) is 8.94. The molecular weight excluding hydrogens is 434 g/mol. The van der Waals surface area contributed by atoms with E-state index in [1.165, 1.54) is 14.9 Å². The molecule has 9 heteroatoms. The summed E-state index contributed by atoms with van der Waals surface area (Å²) in [7, 11) is -3.55. The molecular formula is C22H25N3O4S2. The van der Waals surface area contributed by atoms with Gasteiger partial charge in [-0.1, -0.05) is 48.6 Å². The second-order valence-electron chi connectivity index (χ2n) is 7.81. The lowest BCUT2D eigenvalue weighted by atomic mass is 10.0. The molecule has 0 bridgehead atoms. The first-order valence-corrected chi connectivity index (χ1v) is 12.6. The molecule has 1 N–H and O–H groups in total. The number of benzene rings is 2. The van der Waals surface area contributed by atoms with Crippen molar-refractivity contribution in [3.05, 3.63) is 63.8 Å². The lowest BCUT2D eigenvalue weighted by Gasteiger charge is -2.15. The lowest BCUT2D eigenvalue weighted by molar-refractivity contribution is -0.121. The van der Waals surface area contributed by atoms with E-state index >= 15 is 0 Å². The van der Waals surface area contributed by atoms with Crippen molar-refractivity contribution >= 4 is 37.5 Å². The second-order valence-corrected chi connectivity index (χ2v) is 10.7. The van der Waals surface area contributed by atoms with Crippen LogP contribution in [-0.2, 0) is 21.4 Å². The first kappa shape index (κ1) is 21.7. The summed E-state index contributed by atoms with van der Waals surface area (Å²) in [5.74, 6) is -0.0993. The van der Waals surface area contributed by atoms with Crippen LogP contribution in [0.4, 0.5) is 0 Å². The van der Waals surface area contributed by atoms with Gasteiger partial charge in [0, 0.05) is 19.6 Å². The molecule has 1 amide bonds. The maximum atomic E-state index is 12.8. The molecule has 0 saturated carbocycles. The summed E-state index contributed by atoms with van der Waals surface area (Å²) in [6.07, 6.45) is 1.73. The quantitative estimate of drug-likeness (QED) is 0.588. The zero-order valence-corrected chi connectivity index (χ0v) is 18.9. The molecule has 4 rings (SSSR count). The van der Waals surface area contributed by atoms with Crippen LogP contribution in [0.1, 0.15) is 31.2 Å². The van der Waals surface area contributed by atoms with Crippen molar-refractivity contribution in [2.45, 2.75) is 37.1 Å². The average Bonchev–Trinajstić information content (AvgIpc) is 3.41. The topological polar surface area (TPSA) is 88.5 Å². The van der Waals surface area contributed by atoms with Gasteiger partial charge >= 0.3 is 4.87 Å². The molecule has 164 valence electrons. The molecule has 0 radical (unpaired) electrons. The van der Waals surface area contributed by atoms with E-state index in [0.29, 0.717) is 29.9 Å². The van der Waals surface area contributed by atoms with Crippen LogP contribution >= 0.6 is 11.3 Å². The number of nitrogens with one attached hydrogen (secondary N) is 1. The van der Waals surface area contributed by atoms with Crippen molar-refractivity contribution < 1.29 is 13.2 Å². The van der Waals surface area contributed by atoms with Gasteiger partial charge in [0.25, 0.3) is 0 Å². The summed E-state index contributed by atoms with van der Waals surface area (Å²) >= 11 is 0.959. The molecule has 31 heavy (non-hydrogen) atoms. The Labute approximate surface area is 185 Å². The van der Waals surface area contributed by atoms with E-state index in [4.69, 9.17) is 0 Å². The first-order chi connectivity index (χ1) is 14.9. The molecule has 0 aliphatic carbocycles. The highest BCUT2D eigenvalue weighted by Gasteiger charge is 2.27. The Morgan fingerprint density at radius 1 is 1.13 bits per heavy atom. The number of fused-ring (bicyclic) bond motifs is 1. The Kier molecular flexibility index (Phi) is 6.27. The van der Waals surface area contributed by atoms with Crippen LogP contribution in [0.3, 0.4) is 0 Å². The fourth-order valence-corrected chi connectivity index (χ4v) is 6.35. The van der Waals surface area contributed by atoms with Crippen molar-refractivity contribution in [2.24, 2.45) is 0 Å². The molecule has 2 aromatic carbocycles. The Morgan fingerprint density at radius 3 is 2.55 bits per heavy atom. The maximum Gasteiger partial charge on any atom is 0.308 e. The van der Waals surface area contributed by atoms with E-state index in [1.54, 1.807) is 12.1 Å². The summed E-state index contributed by atoms with van der Waals surface area (Å²) in [6, 6.07) is 14.6. The van der Waals surface area contributed by atoms with Crippen LogP contribution in [0.5, 0.6) is 0 Å². The third-order valence-electron chi connectivity index (χ3n) is 5.62. The molecule has 1 aliphatic heterocycles. The minimum absolute atomic E-state index is 0.0986. The summed E-state index contributed by atoms with van der Waals surface area (Å²) < 4.78 is 29.0. The van der Waals surface area contributed by atoms with Gasteiger partial charge in [-0.15, -0.1) is 0 Å². The number of carbonyl (C=O) groups is 1. The van der Waals surface area contributed by atoms with Gasteiger partial charge in [0.2, 0.25) is 15.9 Å². The standard InChI is InChI=1S/C22H25N3O4S2/c1-16(17-7-3-2-4-8-17)14-23-21(26)15-25-19-10-9-18(13-20(19)30-22(25)27)31(28,29)24-11-5-6-12-24/h2-4,7-10,13,16H,5-6,11-12,14-15H2,1H3,(H,23,26). The van der Waals surface area contributed by atoms with Gasteiger partial charge in [0.15, 0.2) is 0 Å². The number of nitrogens with zero attached hydrogens (tertiary/aromatic N) is 2. The van der Waals surface area contributed by atoms with Gasteiger partial charge in [-0.05, 0) is 42.5 Å². The third kappa shape index (κ3) is 4.58. The molecule has 2 heterocycles. The average molecular weight is 460 g/mol. The number of carbonyl (C=O) groups excluding carboxylic acids is 1. The summed E-state index contributed by atoms with van der Waals surface area (Å²) in [4.78, 5) is 24.9. The minimum Gasteiger partial charge on any atom is -0.354 e. The van der Waals surface area contributed by atoms with E-state index in [9.17, 15) is 18.0 Å². The van der Waals surface area contributed by atoms with Gasteiger partial charge in [-0.25, -0.2) is 8.42 Å².